The lowest BCUT2D eigenvalue weighted by Gasteiger charge is -2.50. The van der Waals surface area contributed by atoms with Crippen LogP contribution < -0.4 is 29.2 Å². The largest absolute Gasteiger partial charge is 0.486 e. The van der Waals surface area contributed by atoms with Crippen LogP contribution in [0.3, 0.4) is 0 Å². The Morgan fingerprint density at radius 2 is 1.56 bits per heavy atom. The second-order valence-electron chi connectivity index (χ2n) is 8.15. The number of hydrogen-bond acceptors (Lipinski definition) is 7. The smallest absolute Gasteiger partial charge is 0.255 e. The number of carbonyl (C=O) groups is 2. The van der Waals surface area contributed by atoms with Gasteiger partial charge in [-0.25, -0.2) is 0 Å². The van der Waals surface area contributed by atoms with Gasteiger partial charge in [0.15, 0.2) is 28.5 Å². The number of nitrogens with zero attached hydrogens (tertiary/aromatic N) is 2. The van der Waals surface area contributed by atoms with E-state index in [0.717, 1.165) is 0 Å². The van der Waals surface area contributed by atoms with Crippen LogP contribution in [0.15, 0.2) is 60.9 Å². The maximum Gasteiger partial charge on any atom is 0.255 e. The average molecular weight is 459 g/mol. The topological polar surface area (TPSA) is 99.2 Å². The van der Waals surface area contributed by atoms with Crippen LogP contribution in [0, 0.1) is 0 Å². The van der Waals surface area contributed by atoms with Gasteiger partial charge in [-0.05, 0) is 30.3 Å². The van der Waals surface area contributed by atoms with E-state index >= 15 is 0 Å². The van der Waals surface area contributed by atoms with E-state index in [0.29, 0.717) is 66.4 Å². The Bertz CT molecular complexity index is 1280. The quantitative estimate of drug-likeness (QED) is 0.599. The summed E-state index contributed by atoms with van der Waals surface area (Å²) in [6.07, 6.45) is 3.25. The minimum atomic E-state index is -1.28. The Labute approximate surface area is 195 Å². The Kier molecular flexibility index (Phi) is 4.75. The van der Waals surface area contributed by atoms with Crippen molar-refractivity contribution >= 4 is 23.2 Å². The van der Waals surface area contributed by atoms with E-state index in [9.17, 15) is 9.59 Å². The number of fused-ring (bicyclic) bond motifs is 2. The summed E-state index contributed by atoms with van der Waals surface area (Å²) >= 11 is 0. The molecule has 3 aliphatic heterocycles. The molecule has 3 aromatic rings. The third-order valence-electron chi connectivity index (χ3n) is 6.14. The van der Waals surface area contributed by atoms with Gasteiger partial charge >= 0.3 is 0 Å². The van der Waals surface area contributed by atoms with Crippen LogP contribution in [0.4, 0.5) is 11.4 Å². The summed E-state index contributed by atoms with van der Waals surface area (Å²) in [6.45, 7) is 1.81. The predicted octanol–water partition coefficient (Wildman–Crippen LogP) is 2.89. The number of rotatable bonds is 4. The van der Waals surface area contributed by atoms with Gasteiger partial charge in [0.05, 0.1) is 6.42 Å². The maximum absolute atomic E-state index is 13.8. The molecule has 2 aromatic carbocycles. The van der Waals surface area contributed by atoms with Crippen molar-refractivity contribution in [3.05, 3.63) is 66.5 Å². The first-order valence-electron chi connectivity index (χ1n) is 11.0. The zero-order valence-electron chi connectivity index (χ0n) is 18.2. The number of hydrogen-bond donors (Lipinski definition) is 1. The summed E-state index contributed by atoms with van der Waals surface area (Å²) in [4.78, 5) is 32.5. The van der Waals surface area contributed by atoms with Gasteiger partial charge in [0, 0.05) is 41.5 Å². The molecule has 1 unspecified atom stereocenters. The third kappa shape index (κ3) is 3.20. The zero-order valence-corrected chi connectivity index (χ0v) is 18.2. The Balaban J connectivity index is 1.39. The van der Waals surface area contributed by atoms with Crippen LogP contribution in [0.1, 0.15) is 12.0 Å². The number of aromatic nitrogens is 1. The van der Waals surface area contributed by atoms with E-state index < -0.39 is 5.54 Å². The molecular formula is C25H21N3O6. The fraction of sp³-hybridized carbons (Fsp3) is 0.240. The minimum Gasteiger partial charge on any atom is -0.486 e. The lowest BCUT2D eigenvalue weighted by molar-refractivity contribution is -0.137. The highest BCUT2D eigenvalue weighted by Crippen LogP contribution is 2.47. The van der Waals surface area contributed by atoms with E-state index in [1.165, 1.54) is 4.90 Å². The average Bonchev–Trinajstić information content (AvgIpc) is 2.87. The normalized spacial score (nSPS) is 20.4. The van der Waals surface area contributed by atoms with Gasteiger partial charge in [-0.2, -0.15) is 0 Å². The van der Waals surface area contributed by atoms with Gasteiger partial charge in [-0.3, -0.25) is 19.5 Å². The second kappa shape index (κ2) is 7.95. The van der Waals surface area contributed by atoms with E-state index in [2.05, 4.69) is 10.3 Å². The Morgan fingerprint density at radius 3 is 2.24 bits per heavy atom. The number of ether oxygens (including phenoxy) is 4. The summed E-state index contributed by atoms with van der Waals surface area (Å²) in [5, 5.41) is 2.96. The van der Waals surface area contributed by atoms with Crippen LogP contribution >= 0.6 is 0 Å². The van der Waals surface area contributed by atoms with E-state index in [-0.39, 0.29) is 18.2 Å². The first-order chi connectivity index (χ1) is 16.6. The Morgan fingerprint density at radius 1 is 0.882 bits per heavy atom. The second-order valence-corrected chi connectivity index (χ2v) is 8.15. The van der Waals surface area contributed by atoms with Crippen molar-refractivity contribution in [1.82, 2.24) is 4.98 Å². The fourth-order valence-corrected chi connectivity index (χ4v) is 4.54. The number of β-lactam (4-membered cyclic amide) rings is 1. The number of benzene rings is 2. The van der Waals surface area contributed by atoms with Crippen LogP contribution in [-0.2, 0) is 15.1 Å². The first-order valence-corrected chi connectivity index (χ1v) is 11.0. The third-order valence-corrected chi connectivity index (χ3v) is 6.14. The highest BCUT2D eigenvalue weighted by molar-refractivity contribution is 6.17. The molecule has 1 fully saturated rings. The molecule has 3 aliphatic rings. The van der Waals surface area contributed by atoms with Gasteiger partial charge in [0.25, 0.3) is 5.91 Å². The first kappa shape index (κ1) is 20.3. The van der Waals surface area contributed by atoms with Crippen LogP contribution in [0.2, 0.25) is 0 Å². The molecule has 1 aromatic heterocycles. The van der Waals surface area contributed by atoms with Crippen molar-refractivity contribution in [2.24, 2.45) is 0 Å². The van der Waals surface area contributed by atoms with Gasteiger partial charge in [0.1, 0.15) is 26.4 Å². The molecule has 0 aliphatic carbocycles. The van der Waals surface area contributed by atoms with Crippen molar-refractivity contribution in [2.45, 2.75) is 12.0 Å². The maximum atomic E-state index is 13.8. The molecule has 0 bridgehead atoms. The number of nitrogens with one attached hydrogen (secondary N) is 1. The summed E-state index contributed by atoms with van der Waals surface area (Å²) in [6, 6.07) is 14.0. The molecule has 1 saturated heterocycles. The van der Waals surface area contributed by atoms with E-state index in [1.54, 1.807) is 60.9 Å². The standard InChI is InChI=1S/C25H21N3O6/c29-23-14-25(16-2-1-7-26-15-16,28(23)18-4-6-20-22(13-18)34-11-9-32-20)24(30)27-17-3-5-19-21(12-17)33-10-8-31-19/h1-7,12-13,15H,8-11,14H2,(H,27,30). The van der Waals surface area contributed by atoms with Crippen molar-refractivity contribution in [2.75, 3.05) is 36.6 Å². The van der Waals surface area contributed by atoms with Gasteiger partial charge in [-0.1, -0.05) is 6.07 Å². The summed E-state index contributed by atoms with van der Waals surface area (Å²) in [7, 11) is 0. The highest BCUT2D eigenvalue weighted by atomic mass is 16.6. The van der Waals surface area contributed by atoms with Gasteiger partial charge in [0.2, 0.25) is 5.91 Å². The van der Waals surface area contributed by atoms with Crippen LogP contribution in [-0.4, -0.2) is 43.2 Å². The molecule has 0 saturated carbocycles. The minimum absolute atomic E-state index is 0.00349. The summed E-state index contributed by atoms with van der Waals surface area (Å²) < 4.78 is 22.5. The highest BCUT2D eigenvalue weighted by Gasteiger charge is 2.59. The predicted molar refractivity (Wildman–Crippen MR) is 122 cm³/mol. The van der Waals surface area contributed by atoms with Crippen LogP contribution in [0.25, 0.3) is 0 Å². The molecule has 9 nitrogen and oxygen atoms in total. The SMILES string of the molecule is O=C1CC(C(=O)Nc2ccc3c(c2)OCCO3)(c2cccnc2)N1c1ccc2c(c1)OCCO2. The Hall–Kier alpha value is -4.27. The molecule has 4 heterocycles. The molecule has 172 valence electrons. The lowest BCUT2D eigenvalue weighted by atomic mass is 9.76. The molecule has 2 amide bonds. The van der Waals surface area contributed by atoms with E-state index in [4.69, 9.17) is 18.9 Å². The monoisotopic (exact) mass is 459 g/mol. The number of anilines is 2. The molecule has 0 radical (unpaired) electrons. The van der Waals surface area contributed by atoms with Crippen molar-refractivity contribution in [3.63, 3.8) is 0 Å². The molecule has 1 N–H and O–H groups in total. The zero-order chi connectivity index (χ0) is 23.1. The molecule has 1 atom stereocenters. The van der Waals surface area contributed by atoms with Crippen LogP contribution in [0.5, 0.6) is 23.0 Å². The molecule has 34 heavy (non-hydrogen) atoms. The van der Waals surface area contributed by atoms with Gasteiger partial charge in [-0.15, -0.1) is 0 Å². The fourth-order valence-electron chi connectivity index (χ4n) is 4.54. The van der Waals surface area contributed by atoms with Crippen molar-refractivity contribution in [1.29, 1.82) is 0 Å². The van der Waals surface area contributed by atoms with Crippen molar-refractivity contribution < 1.29 is 28.5 Å². The number of carbonyl (C=O) groups excluding carboxylic acids is 2. The van der Waals surface area contributed by atoms with Gasteiger partial charge < -0.3 is 24.3 Å². The number of pyridine rings is 1. The lowest BCUT2D eigenvalue weighted by Crippen LogP contribution is -2.67. The molecule has 9 heteroatoms. The number of amides is 2. The molecule has 6 rings (SSSR count). The molecular weight excluding hydrogens is 438 g/mol. The van der Waals surface area contributed by atoms with E-state index in [1.807, 2.05) is 0 Å². The molecule has 0 spiro atoms. The van der Waals surface area contributed by atoms with Crippen molar-refractivity contribution in [3.8, 4) is 23.0 Å². The summed E-state index contributed by atoms with van der Waals surface area (Å²) in [5.41, 5.74) is 0.419. The summed E-state index contributed by atoms with van der Waals surface area (Å²) in [5.74, 6) is 1.80.